The van der Waals surface area contributed by atoms with Crippen LogP contribution in [0.2, 0.25) is 0 Å². The predicted octanol–water partition coefficient (Wildman–Crippen LogP) is 3.06. The van der Waals surface area contributed by atoms with E-state index in [1.807, 2.05) is 30.5 Å². The van der Waals surface area contributed by atoms with Crippen LogP contribution in [0, 0.1) is 0 Å². The summed E-state index contributed by atoms with van der Waals surface area (Å²) in [5, 5.41) is 7.87. The van der Waals surface area contributed by atoms with Gasteiger partial charge in [-0.05, 0) is 42.6 Å². The van der Waals surface area contributed by atoms with Crippen molar-refractivity contribution < 1.29 is 9.59 Å². The van der Waals surface area contributed by atoms with Crippen LogP contribution < -0.4 is 10.6 Å². The molecule has 0 saturated heterocycles. The summed E-state index contributed by atoms with van der Waals surface area (Å²) in [5.74, 6) is 0.0642. The molecule has 28 heavy (non-hydrogen) atoms. The van der Waals surface area contributed by atoms with Gasteiger partial charge in [0.15, 0.2) is 0 Å². The van der Waals surface area contributed by atoms with E-state index in [2.05, 4.69) is 20.6 Å². The monoisotopic (exact) mass is 395 g/mol. The average Bonchev–Trinajstić information content (AvgIpc) is 3.25. The van der Waals surface area contributed by atoms with Crippen molar-refractivity contribution in [2.24, 2.45) is 0 Å². The van der Waals surface area contributed by atoms with E-state index in [0.29, 0.717) is 30.3 Å². The molecule has 144 valence electrons. The van der Waals surface area contributed by atoms with Gasteiger partial charge in [0, 0.05) is 35.1 Å². The molecule has 8 heteroatoms. The van der Waals surface area contributed by atoms with E-state index in [-0.39, 0.29) is 18.4 Å². The number of nitrogens with zero attached hydrogens (tertiary/aromatic N) is 3. The number of aromatic nitrogens is 2. The molecule has 2 amide bonds. The number of thiophene rings is 1. The first-order chi connectivity index (χ1) is 13.7. The minimum atomic E-state index is -0.202. The molecule has 2 aromatic heterocycles. The van der Waals surface area contributed by atoms with E-state index >= 15 is 0 Å². The highest BCUT2D eigenvalue weighted by Crippen LogP contribution is 2.16. The number of carbonyl (C=O) groups is 2. The number of hydrogen-bond acceptors (Lipinski definition) is 6. The second kappa shape index (κ2) is 9.61. The van der Waals surface area contributed by atoms with E-state index < -0.39 is 0 Å². The minimum Gasteiger partial charge on any atom is -0.350 e. The summed E-state index contributed by atoms with van der Waals surface area (Å²) in [4.78, 5) is 35.9. The average molecular weight is 395 g/mol. The van der Waals surface area contributed by atoms with Gasteiger partial charge in [-0.3, -0.25) is 9.59 Å². The van der Waals surface area contributed by atoms with Crippen molar-refractivity contribution in [3.8, 4) is 0 Å². The molecule has 3 rings (SSSR count). The van der Waals surface area contributed by atoms with Gasteiger partial charge in [-0.2, -0.15) is 0 Å². The Morgan fingerprint density at radius 3 is 2.64 bits per heavy atom. The molecule has 0 unspecified atom stereocenters. The summed E-state index contributed by atoms with van der Waals surface area (Å²) < 4.78 is 0. The van der Waals surface area contributed by atoms with Crippen molar-refractivity contribution in [3.63, 3.8) is 0 Å². The third-order valence-corrected chi connectivity index (χ3v) is 4.85. The lowest BCUT2D eigenvalue weighted by Gasteiger charge is -2.20. The van der Waals surface area contributed by atoms with Gasteiger partial charge in [0.05, 0.1) is 13.1 Å². The molecule has 0 atom stereocenters. The topological polar surface area (TPSA) is 87.2 Å². The fourth-order valence-corrected chi connectivity index (χ4v) is 3.21. The lowest BCUT2D eigenvalue weighted by Crippen LogP contribution is -2.40. The maximum Gasteiger partial charge on any atom is 0.254 e. The van der Waals surface area contributed by atoms with Crippen LogP contribution in [0.15, 0.2) is 60.2 Å². The van der Waals surface area contributed by atoms with Crippen molar-refractivity contribution in [2.45, 2.75) is 13.5 Å². The molecule has 7 nitrogen and oxygen atoms in total. The predicted molar refractivity (Wildman–Crippen MR) is 109 cm³/mol. The summed E-state index contributed by atoms with van der Waals surface area (Å²) in [6.07, 6.45) is 3.27. The fraction of sp³-hybridized carbons (Fsp3) is 0.200. The van der Waals surface area contributed by atoms with Crippen LogP contribution in [0.3, 0.4) is 0 Å². The smallest absolute Gasteiger partial charge is 0.254 e. The van der Waals surface area contributed by atoms with Gasteiger partial charge in [-0.25, -0.2) is 9.97 Å². The van der Waals surface area contributed by atoms with Crippen molar-refractivity contribution >= 4 is 34.8 Å². The molecule has 0 bridgehead atoms. The Morgan fingerprint density at radius 2 is 1.93 bits per heavy atom. The summed E-state index contributed by atoms with van der Waals surface area (Å²) >= 11 is 1.58. The lowest BCUT2D eigenvalue weighted by atomic mass is 10.1. The fourth-order valence-electron chi connectivity index (χ4n) is 2.56. The Balaban J connectivity index is 1.62. The van der Waals surface area contributed by atoms with Crippen LogP contribution >= 0.6 is 11.3 Å². The maximum atomic E-state index is 12.8. The van der Waals surface area contributed by atoms with Crippen LogP contribution in [-0.4, -0.2) is 39.8 Å². The highest BCUT2D eigenvalue weighted by Gasteiger charge is 2.17. The van der Waals surface area contributed by atoms with Gasteiger partial charge in [-0.1, -0.05) is 12.1 Å². The molecule has 0 fully saturated rings. The zero-order valence-corrected chi connectivity index (χ0v) is 16.3. The molecule has 0 saturated carbocycles. The molecule has 1 aromatic carbocycles. The summed E-state index contributed by atoms with van der Waals surface area (Å²) in [7, 11) is 0. The largest absolute Gasteiger partial charge is 0.350 e. The SMILES string of the molecule is CCN(CC(=O)NCc1cccs1)C(=O)c1cccc(Nc2ncccn2)c1. The summed E-state index contributed by atoms with van der Waals surface area (Å²) in [5.41, 5.74) is 1.20. The van der Waals surface area contributed by atoms with Crippen LogP contribution in [0.1, 0.15) is 22.2 Å². The summed E-state index contributed by atoms with van der Waals surface area (Å²) in [6, 6.07) is 12.7. The number of amides is 2. The number of anilines is 2. The van der Waals surface area contributed by atoms with E-state index in [4.69, 9.17) is 0 Å². The molecular formula is C20H21N5O2S. The number of benzene rings is 1. The third-order valence-electron chi connectivity index (χ3n) is 3.97. The van der Waals surface area contributed by atoms with Gasteiger partial charge in [-0.15, -0.1) is 11.3 Å². The van der Waals surface area contributed by atoms with E-state index in [1.54, 1.807) is 48.0 Å². The van der Waals surface area contributed by atoms with Crippen LogP contribution in [0.4, 0.5) is 11.6 Å². The Hall–Kier alpha value is -3.26. The molecule has 3 aromatic rings. The molecule has 0 spiro atoms. The molecule has 2 heterocycles. The molecule has 0 aliphatic heterocycles. The molecule has 2 N–H and O–H groups in total. The van der Waals surface area contributed by atoms with Crippen LogP contribution in [0.25, 0.3) is 0 Å². The molecule has 0 radical (unpaired) electrons. The number of carbonyl (C=O) groups excluding carboxylic acids is 2. The quantitative estimate of drug-likeness (QED) is 0.612. The Labute approximate surface area is 167 Å². The third kappa shape index (κ3) is 5.37. The highest BCUT2D eigenvalue weighted by atomic mass is 32.1. The van der Waals surface area contributed by atoms with E-state index in [9.17, 15) is 9.59 Å². The first-order valence-electron chi connectivity index (χ1n) is 8.88. The molecule has 0 aliphatic carbocycles. The van der Waals surface area contributed by atoms with Crippen molar-refractivity contribution in [1.29, 1.82) is 0 Å². The zero-order valence-electron chi connectivity index (χ0n) is 15.5. The maximum absolute atomic E-state index is 12.8. The highest BCUT2D eigenvalue weighted by molar-refractivity contribution is 7.09. The van der Waals surface area contributed by atoms with Gasteiger partial charge >= 0.3 is 0 Å². The number of nitrogens with one attached hydrogen (secondary N) is 2. The molecular weight excluding hydrogens is 374 g/mol. The number of hydrogen-bond donors (Lipinski definition) is 2. The first-order valence-corrected chi connectivity index (χ1v) is 9.76. The van der Waals surface area contributed by atoms with Gasteiger partial charge in [0.25, 0.3) is 5.91 Å². The zero-order chi connectivity index (χ0) is 19.8. The van der Waals surface area contributed by atoms with Crippen LogP contribution in [0.5, 0.6) is 0 Å². The Bertz CT molecular complexity index is 915. The standard InChI is InChI=1S/C20H21N5O2S/c1-2-25(14-18(26)23-13-17-8-4-11-28-17)19(27)15-6-3-7-16(12-15)24-20-21-9-5-10-22-20/h3-12H,2,13-14H2,1H3,(H,23,26)(H,21,22,24). The normalized spacial score (nSPS) is 10.3. The van der Waals surface area contributed by atoms with Gasteiger partial charge in [0.1, 0.15) is 0 Å². The first kappa shape index (κ1) is 19.5. The van der Waals surface area contributed by atoms with E-state index in [0.717, 1.165) is 4.88 Å². The number of likely N-dealkylation sites (N-methyl/N-ethyl adjacent to an activating group) is 1. The lowest BCUT2D eigenvalue weighted by molar-refractivity contribution is -0.121. The van der Waals surface area contributed by atoms with Gasteiger partial charge in [0.2, 0.25) is 11.9 Å². The van der Waals surface area contributed by atoms with Crippen molar-refractivity contribution in [3.05, 3.63) is 70.7 Å². The van der Waals surface area contributed by atoms with Crippen molar-refractivity contribution in [1.82, 2.24) is 20.2 Å². The molecule has 0 aliphatic rings. The van der Waals surface area contributed by atoms with Crippen molar-refractivity contribution in [2.75, 3.05) is 18.4 Å². The Morgan fingerprint density at radius 1 is 1.11 bits per heavy atom. The number of rotatable bonds is 8. The summed E-state index contributed by atoms with van der Waals surface area (Å²) in [6.45, 7) is 2.77. The minimum absolute atomic E-state index is 0.0140. The Kier molecular flexibility index (Phi) is 6.69. The van der Waals surface area contributed by atoms with Gasteiger partial charge < -0.3 is 15.5 Å². The second-order valence-corrected chi connectivity index (χ2v) is 6.99. The van der Waals surface area contributed by atoms with Crippen LogP contribution in [-0.2, 0) is 11.3 Å². The van der Waals surface area contributed by atoms with E-state index in [1.165, 1.54) is 4.90 Å². The second-order valence-electron chi connectivity index (χ2n) is 5.95.